The van der Waals surface area contributed by atoms with Gasteiger partial charge in [0.25, 0.3) is 0 Å². The normalized spacial score (nSPS) is 32.7. The number of pyridine rings is 1. The maximum atomic E-state index is 14.2. The Morgan fingerprint density at radius 3 is 2.47 bits per heavy atom. The average Bonchev–Trinajstić information content (AvgIpc) is 3.01. The van der Waals surface area contributed by atoms with Crippen LogP contribution in [0.15, 0.2) is 51.9 Å². The number of carbonyl (C=O) groups is 2. The number of hydrogen-bond donors (Lipinski definition) is 1. The van der Waals surface area contributed by atoms with E-state index in [4.69, 9.17) is 18.6 Å². The number of aliphatic hydroxyl groups is 1. The maximum absolute atomic E-state index is 14.2. The number of aromatic nitrogens is 1. The lowest BCUT2D eigenvalue weighted by Crippen LogP contribution is -2.70. The van der Waals surface area contributed by atoms with Crippen molar-refractivity contribution < 1.29 is 46.5 Å². The molecule has 1 aliphatic heterocycles. The highest BCUT2D eigenvalue weighted by atomic mass is 19.2. The minimum absolute atomic E-state index is 0.0279. The number of rotatable bonds is 5. The minimum Gasteiger partial charge on any atom is -0.482 e. The smallest absolute Gasteiger partial charge is 0.345 e. The van der Waals surface area contributed by atoms with Gasteiger partial charge < -0.3 is 23.7 Å². The van der Waals surface area contributed by atoms with Gasteiger partial charge in [-0.25, -0.2) is 22.8 Å². The summed E-state index contributed by atoms with van der Waals surface area (Å²) in [6, 6.07) is 5.94. The third kappa shape index (κ3) is 5.21. The first-order valence-corrected chi connectivity index (χ1v) is 15.5. The molecule has 8 atom stereocenters. The maximum Gasteiger partial charge on any atom is 0.345 e. The van der Waals surface area contributed by atoms with Crippen molar-refractivity contribution in [3.63, 3.8) is 0 Å². The van der Waals surface area contributed by atoms with E-state index in [-0.39, 0.29) is 41.9 Å². The van der Waals surface area contributed by atoms with Gasteiger partial charge in [-0.15, -0.1) is 0 Å². The van der Waals surface area contributed by atoms with E-state index in [1.807, 2.05) is 20.8 Å². The summed E-state index contributed by atoms with van der Waals surface area (Å²) in [6.45, 7) is 9.05. The lowest BCUT2D eigenvalue weighted by Gasteiger charge is -2.66. The van der Waals surface area contributed by atoms with Crippen molar-refractivity contribution in [1.29, 1.82) is 0 Å². The third-order valence-corrected chi connectivity index (χ3v) is 11.1. The van der Waals surface area contributed by atoms with E-state index in [1.165, 1.54) is 19.2 Å². The molecule has 2 fully saturated rings. The summed E-state index contributed by atoms with van der Waals surface area (Å²) in [5, 5.41) is 12.2. The van der Waals surface area contributed by atoms with Crippen molar-refractivity contribution in [2.45, 2.75) is 71.7 Å². The second-order valence-electron chi connectivity index (χ2n) is 13.8. The van der Waals surface area contributed by atoms with Crippen molar-refractivity contribution in [3.05, 3.63) is 81.7 Å². The molecule has 0 saturated heterocycles. The van der Waals surface area contributed by atoms with Crippen molar-refractivity contribution >= 4 is 11.9 Å². The van der Waals surface area contributed by atoms with Crippen LogP contribution in [-0.2, 0) is 14.3 Å². The highest BCUT2D eigenvalue weighted by Gasteiger charge is 2.70. The van der Waals surface area contributed by atoms with Crippen LogP contribution in [0, 0.1) is 46.0 Å². The van der Waals surface area contributed by atoms with Crippen molar-refractivity contribution in [1.82, 2.24) is 4.98 Å². The molecular formula is C35H36F3NO8. The Morgan fingerprint density at radius 1 is 1.13 bits per heavy atom. The molecule has 6 rings (SSSR count). The number of hydrogen-bond acceptors (Lipinski definition) is 9. The Hall–Kier alpha value is -4.19. The topological polar surface area (TPSA) is 125 Å². The predicted molar refractivity (Wildman–Crippen MR) is 161 cm³/mol. The molecule has 250 valence electrons. The van der Waals surface area contributed by atoms with Gasteiger partial charge in [0.05, 0.1) is 18.3 Å². The van der Waals surface area contributed by atoms with Gasteiger partial charge in [-0.2, -0.15) is 0 Å². The number of ether oxygens (including phenoxy) is 3. The van der Waals surface area contributed by atoms with Crippen LogP contribution in [0.2, 0.25) is 0 Å². The summed E-state index contributed by atoms with van der Waals surface area (Å²) >= 11 is 0. The Kier molecular flexibility index (Phi) is 8.01. The lowest BCUT2D eigenvalue weighted by atomic mass is 9.41. The number of carbonyl (C=O) groups excluding carboxylic acids is 2. The first-order valence-electron chi connectivity index (χ1n) is 15.5. The molecule has 0 radical (unpaired) electrons. The molecule has 3 heterocycles. The van der Waals surface area contributed by atoms with Crippen LogP contribution in [0.5, 0.6) is 5.75 Å². The molecule has 2 aromatic heterocycles. The van der Waals surface area contributed by atoms with Crippen LogP contribution < -0.4 is 10.4 Å². The fraction of sp³-hybridized carbons (Fsp3) is 0.486. The summed E-state index contributed by atoms with van der Waals surface area (Å²) in [5.41, 5.74) is -3.86. The van der Waals surface area contributed by atoms with Gasteiger partial charge in [-0.3, -0.25) is 9.78 Å². The predicted octanol–water partition coefficient (Wildman–Crippen LogP) is 6.17. The van der Waals surface area contributed by atoms with Gasteiger partial charge in [0, 0.05) is 42.3 Å². The number of benzene rings is 1. The molecular weight excluding hydrogens is 619 g/mol. The molecule has 4 unspecified atom stereocenters. The molecule has 0 amide bonds. The number of aliphatic hydroxyl groups excluding tert-OH is 1. The SMILES string of the molecule is CC(=O)OCC1(C)C2C[C@H](OC(=O)c3cc(F)c(F)c(F)c3)[C@@]3(C)Oc4cc(-c5cccnc5)oc(=O)c4C(O)C3[C@@]2(C)CC[C@@H]1C. The zero-order chi connectivity index (χ0) is 34.1. The standard InChI is InChI=1S/C35H36F3NO8/c1-17-8-9-33(3)25(34(17,4)16-44-18(2)40)14-26(46-31(42)20-11-21(36)28(38)22(37)12-20)35(5)30(33)29(41)27-24(47-35)13-23(45-32(27)43)19-7-6-10-39-15-19/h6-7,10-13,15,17,25-26,29-30,41H,8-9,14,16H2,1-5H3/t17-,25?,26-,29?,30?,33-,34?,35+/m0/s1. The Morgan fingerprint density at radius 2 is 1.83 bits per heavy atom. The molecule has 12 heteroatoms. The van der Waals surface area contributed by atoms with Crippen LogP contribution in [0.1, 0.15) is 75.9 Å². The molecule has 0 spiro atoms. The Balaban J connectivity index is 1.50. The number of nitrogens with zero attached hydrogens (tertiary/aromatic N) is 1. The molecule has 3 aliphatic rings. The molecule has 9 nitrogen and oxygen atoms in total. The van der Waals surface area contributed by atoms with E-state index in [1.54, 1.807) is 25.3 Å². The monoisotopic (exact) mass is 655 g/mol. The minimum atomic E-state index is -1.72. The molecule has 1 aromatic carbocycles. The summed E-state index contributed by atoms with van der Waals surface area (Å²) in [6.07, 6.45) is 1.92. The van der Waals surface area contributed by atoms with Crippen LogP contribution in [-0.4, -0.2) is 40.3 Å². The molecule has 0 bridgehead atoms. The van der Waals surface area contributed by atoms with Crippen molar-refractivity contribution in [3.8, 4) is 17.1 Å². The lowest BCUT2D eigenvalue weighted by molar-refractivity contribution is -0.257. The van der Waals surface area contributed by atoms with Crippen molar-refractivity contribution in [2.75, 3.05) is 6.61 Å². The first-order chi connectivity index (χ1) is 22.1. The highest BCUT2D eigenvalue weighted by Crippen LogP contribution is 2.68. The number of fused-ring (bicyclic) bond motifs is 4. The zero-order valence-corrected chi connectivity index (χ0v) is 26.6. The second kappa shape index (κ2) is 11.5. The quantitative estimate of drug-likeness (QED) is 0.254. The van der Waals surface area contributed by atoms with E-state index in [2.05, 4.69) is 4.98 Å². The van der Waals surface area contributed by atoms with Crippen LogP contribution >= 0.6 is 0 Å². The van der Waals surface area contributed by atoms with Gasteiger partial charge >= 0.3 is 17.6 Å². The summed E-state index contributed by atoms with van der Waals surface area (Å²) in [4.78, 5) is 43.1. The van der Waals surface area contributed by atoms with Gasteiger partial charge in [0.1, 0.15) is 28.8 Å². The Bertz CT molecular complexity index is 1780. The highest BCUT2D eigenvalue weighted by molar-refractivity contribution is 5.89. The van der Waals surface area contributed by atoms with Crippen LogP contribution in [0.3, 0.4) is 0 Å². The van der Waals surface area contributed by atoms with Gasteiger partial charge in [-0.1, -0.05) is 20.8 Å². The van der Waals surface area contributed by atoms with E-state index in [9.17, 15) is 32.7 Å². The van der Waals surface area contributed by atoms with Crippen molar-refractivity contribution in [2.24, 2.45) is 28.6 Å². The van der Waals surface area contributed by atoms with Crippen LogP contribution in [0.25, 0.3) is 11.3 Å². The first kappa shape index (κ1) is 32.7. The summed E-state index contributed by atoms with van der Waals surface area (Å²) < 4.78 is 65.9. The molecule has 1 N–H and O–H groups in total. The van der Waals surface area contributed by atoms with E-state index >= 15 is 0 Å². The van der Waals surface area contributed by atoms with E-state index in [0.29, 0.717) is 30.5 Å². The fourth-order valence-corrected chi connectivity index (χ4v) is 8.57. The van der Waals surface area contributed by atoms with E-state index < -0.39 is 75.1 Å². The molecule has 3 aromatic rings. The number of halogens is 3. The summed E-state index contributed by atoms with van der Waals surface area (Å²) in [7, 11) is 0. The third-order valence-electron chi connectivity index (χ3n) is 11.1. The van der Waals surface area contributed by atoms with E-state index in [0.717, 1.165) is 0 Å². The number of esters is 2. The molecule has 2 aliphatic carbocycles. The van der Waals surface area contributed by atoms with Crippen LogP contribution in [0.4, 0.5) is 13.2 Å². The van der Waals surface area contributed by atoms with Gasteiger partial charge in [0.15, 0.2) is 17.5 Å². The fourth-order valence-electron chi connectivity index (χ4n) is 8.57. The molecule has 47 heavy (non-hydrogen) atoms. The van der Waals surface area contributed by atoms with Gasteiger partial charge in [-0.05, 0) is 67.7 Å². The second-order valence-corrected chi connectivity index (χ2v) is 13.8. The Labute approximate surface area is 269 Å². The average molecular weight is 656 g/mol. The summed E-state index contributed by atoms with van der Waals surface area (Å²) in [5.74, 6) is -7.46. The zero-order valence-electron chi connectivity index (χ0n) is 26.6. The molecule has 2 saturated carbocycles. The van der Waals surface area contributed by atoms with Gasteiger partial charge in [0.2, 0.25) is 0 Å². The largest absolute Gasteiger partial charge is 0.482 e.